The van der Waals surface area contributed by atoms with Crippen molar-refractivity contribution in [2.45, 2.75) is 32.6 Å². The summed E-state index contributed by atoms with van der Waals surface area (Å²) in [6.07, 6.45) is 5.70. The minimum atomic E-state index is -1.09. The first-order valence-electron chi connectivity index (χ1n) is 4.69. The molecule has 0 bridgehead atoms. The van der Waals surface area contributed by atoms with Gasteiger partial charge in [-0.2, -0.15) is 0 Å². The van der Waals surface area contributed by atoms with Crippen molar-refractivity contribution < 1.29 is 19.8 Å². The summed E-state index contributed by atoms with van der Waals surface area (Å²) in [5.74, 6) is -3.07. The summed E-state index contributed by atoms with van der Waals surface area (Å²) in [5.41, 5.74) is 0. The molecule has 0 heterocycles. The van der Waals surface area contributed by atoms with E-state index < -0.39 is 17.9 Å². The number of carboxylic acid groups (broad SMARTS) is 2. The second-order valence-electron chi connectivity index (χ2n) is 3.11. The van der Waals surface area contributed by atoms with Crippen LogP contribution in [0.5, 0.6) is 0 Å². The number of carboxylic acids is 2. The van der Waals surface area contributed by atoms with Crippen LogP contribution in [0.15, 0.2) is 12.2 Å². The third-order valence-electron chi connectivity index (χ3n) is 1.80. The second-order valence-corrected chi connectivity index (χ2v) is 3.11. The maximum absolute atomic E-state index is 10.6. The molecule has 0 radical (unpaired) electrons. The van der Waals surface area contributed by atoms with Crippen molar-refractivity contribution in [3.8, 4) is 0 Å². The van der Waals surface area contributed by atoms with Gasteiger partial charge < -0.3 is 10.2 Å². The van der Waals surface area contributed by atoms with E-state index in [0.717, 1.165) is 19.3 Å². The van der Waals surface area contributed by atoms with Crippen molar-refractivity contribution in [3.05, 3.63) is 12.2 Å². The highest BCUT2D eigenvalue weighted by Gasteiger charge is 2.17. The van der Waals surface area contributed by atoms with E-state index in [1.165, 1.54) is 6.08 Å². The average molecular weight is 200 g/mol. The Labute approximate surface area is 83.2 Å². The molecule has 0 spiro atoms. The number of rotatable bonds is 7. The third kappa shape index (κ3) is 6.22. The van der Waals surface area contributed by atoms with Crippen molar-refractivity contribution in [3.63, 3.8) is 0 Å². The van der Waals surface area contributed by atoms with Gasteiger partial charge in [-0.15, -0.1) is 0 Å². The SMILES string of the molecule is CCCC/C=C\C(CC(=O)O)C(=O)O. The predicted octanol–water partition coefficient (Wildman–Crippen LogP) is 1.91. The summed E-state index contributed by atoms with van der Waals surface area (Å²) in [4.78, 5) is 20.9. The molecule has 4 nitrogen and oxygen atoms in total. The number of allylic oxidation sites excluding steroid dienone is 1. The van der Waals surface area contributed by atoms with Gasteiger partial charge in [-0.25, -0.2) is 0 Å². The second kappa shape index (κ2) is 7.12. The van der Waals surface area contributed by atoms with Crippen molar-refractivity contribution in [1.29, 1.82) is 0 Å². The molecule has 14 heavy (non-hydrogen) atoms. The Morgan fingerprint density at radius 3 is 2.43 bits per heavy atom. The quantitative estimate of drug-likeness (QED) is 0.486. The monoisotopic (exact) mass is 200 g/mol. The first-order chi connectivity index (χ1) is 6.57. The van der Waals surface area contributed by atoms with Gasteiger partial charge in [0.1, 0.15) is 0 Å². The topological polar surface area (TPSA) is 74.6 Å². The fourth-order valence-corrected chi connectivity index (χ4v) is 1.01. The maximum atomic E-state index is 10.6. The van der Waals surface area contributed by atoms with Gasteiger partial charge in [0.25, 0.3) is 0 Å². The Morgan fingerprint density at radius 2 is 2.00 bits per heavy atom. The molecule has 0 aliphatic rings. The first kappa shape index (κ1) is 12.7. The van der Waals surface area contributed by atoms with E-state index >= 15 is 0 Å². The highest BCUT2D eigenvalue weighted by atomic mass is 16.4. The number of hydrogen-bond acceptors (Lipinski definition) is 2. The van der Waals surface area contributed by atoms with Crippen molar-refractivity contribution in [2.75, 3.05) is 0 Å². The molecular weight excluding hydrogens is 184 g/mol. The molecule has 4 heteroatoms. The van der Waals surface area contributed by atoms with Gasteiger partial charge in [0, 0.05) is 0 Å². The Kier molecular flexibility index (Phi) is 6.45. The Bertz CT molecular complexity index is 220. The summed E-state index contributed by atoms with van der Waals surface area (Å²) >= 11 is 0. The molecule has 0 saturated heterocycles. The van der Waals surface area contributed by atoms with Crippen LogP contribution in [0, 0.1) is 5.92 Å². The standard InChI is InChI=1S/C10H16O4/c1-2-3-4-5-6-8(10(13)14)7-9(11)12/h5-6,8H,2-4,7H2,1H3,(H,11,12)(H,13,14)/b6-5-. The lowest BCUT2D eigenvalue weighted by Gasteiger charge is -2.02. The zero-order valence-electron chi connectivity index (χ0n) is 8.27. The van der Waals surface area contributed by atoms with Crippen molar-refractivity contribution in [2.24, 2.45) is 5.92 Å². The number of hydrogen-bond donors (Lipinski definition) is 2. The molecule has 0 aliphatic heterocycles. The van der Waals surface area contributed by atoms with E-state index in [-0.39, 0.29) is 6.42 Å². The predicted molar refractivity (Wildman–Crippen MR) is 52.0 cm³/mol. The summed E-state index contributed by atoms with van der Waals surface area (Å²) in [6, 6.07) is 0. The number of carbonyl (C=O) groups is 2. The molecule has 0 aliphatic carbocycles. The molecule has 1 atom stereocenters. The van der Waals surface area contributed by atoms with Crippen LogP contribution in [0.1, 0.15) is 32.6 Å². The normalized spacial score (nSPS) is 12.9. The summed E-state index contributed by atoms with van der Waals surface area (Å²) in [6.45, 7) is 2.04. The van der Waals surface area contributed by atoms with E-state index in [4.69, 9.17) is 10.2 Å². The van der Waals surface area contributed by atoms with Crippen LogP contribution in [0.3, 0.4) is 0 Å². The van der Waals surface area contributed by atoms with Crippen LogP contribution in [-0.4, -0.2) is 22.2 Å². The molecule has 2 N–H and O–H groups in total. The zero-order valence-corrected chi connectivity index (χ0v) is 8.27. The zero-order chi connectivity index (χ0) is 11.0. The minimum absolute atomic E-state index is 0.349. The molecule has 0 aromatic heterocycles. The van der Waals surface area contributed by atoms with Crippen LogP contribution < -0.4 is 0 Å². The van der Waals surface area contributed by atoms with E-state index in [1.807, 2.05) is 6.92 Å². The highest BCUT2D eigenvalue weighted by molar-refractivity contribution is 5.79. The van der Waals surface area contributed by atoms with Crippen LogP contribution in [0.2, 0.25) is 0 Å². The minimum Gasteiger partial charge on any atom is -0.481 e. The highest BCUT2D eigenvalue weighted by Crippen LogP contribution is 2.07. The molecule has 0 amide bonds. The first-order valence-corrected chi connectivity index (χ1v) is 4.69. The Morgan fingerprint density at radius 1 is 1.36 bits per heavy atom. The average Bonchev–Trinajstić information content (AvgIpc) is 2.09. The fourth-order valence-electron chi connectivity index (χ4n) is 1.01. The molecule has 0 fully saturated rings. The van der Waals surface area contributed by atoms with Gasteiger partial charge in [-0.3, -0.25) is 9.59 Å². The summed E-state index contributed by atoms with van der Waals surface area (Å²) < 4.78 is 0. The maximum Gasteiger partial charge on any atom is 0.310 e. The summed E-state index contributed by atoms with van der Waals surface area (Å²) in [7, 11) is 0. The lowest BCUT2D eigenvalue weighted by atomic mass is 10.0. The smallest absolute Gasteiger partial charge is 0.310 e. The largest absolute Gasteiger partial charge is 0.481 e. The molecule has 0 aromatic carbocycles. The van der Waals surface area contributed by atoms with E-state index in [2.05, 4.69) is 0 Å². The van der Waals surface area contributed by atoms with Gasteiger partial charge in [-0.1, -0.05) is 31.9 Å². The van der Waals surface area contributed by atoms with Crippen LogP contribution in [0.4, 0.5) is 0 Å². The van der Waals surface area contributed by atoms with Crippen molar-refractivity contribution >= 4 is 11.9 Å². The van der Waals surface area contributed by atoms with Crippen LogP contribution in [-0.2, 0) is 9.59 Å². The lowest BCUT2D eigenvalue weighted by molar-refractivity contribution is -0.146. The van der Waals surface area contributed by atoms with Crippen molar-refractivity contribution in [1.82, 2.24) is 0 Å². The molecule has 0 saturated carbocycles. The molecule has 0 rings (SSSR count). The molecule has 0 aromatic rings. The van der Waals surface area contributed by atoms with Gasteiger partial charge in [0.2, 0.25) is 0 Å². The Balaban J connectivity index is 4.02. The molecule has 1 unspecified atom stereocenters. The van der Waals surface area contributed by atoms with Crippen LogP contribution >= 0.6 is 0 Å². The van der Waals surface area contributed by atoms with E-state index in [0.29, 0.717) is 0 Å². The number of unbranched alkanes of at least 4 members (excludes halogenated alkanes) is 2. The lowest BCUT2D eigenvalue weighted by Crippen LogP contribution is -2.15. The van der Waals surface area contributed by atoms with E-state index in [9.17, 15) is 9.59 Å². The Hall–Kier alpha value is -1.32. The van der Waals surface area contributed by atoms with Crippen LogP contribution in [0.25, 0.3) is 0 Å². The van der Waals surface area contributed by atoms with Gasteiger partial charge in [0.15, 0.2) is 0 Å². The molecular formula is C10H16O4. The van der Waals surface area contributed by atoms with Gasteiger partial charge in [-0.05, 0) is 6.42 Å². The summed E-state index contributed by atoms with van der Waals surface area (Å²) in [5, 5.41) is 17.1. The van der Waals surface area contributed by atoms with Gasteiger partial charge >= 0.3 is 11.9 Å². The van der Waals surface area contributed by atoms with E-state index in [1.54, 1.807) is 6.08 Å². The molecule has 80 valence electrons. The fraction of sp³-hybridized carbons (Fsp3) is 0.600. The van der Waals surface area contributed by atoms with Gasteiger partial charge in [0.05, 0.1) is 12.3 Å². The third-order valence-corrected chi connectivity index (χ3v) is 1.80. The number of aliphatic carboxylic acids is 2.